The molecule has 0 saturated carbocycles. The van der Waals surface area contributed by atoms with Crippen LogP contribution >= 0.6 is 0 Å². The number of rotatable bonds is 1. The molecule has 0 radical (unpaired) electrons. The van der Waals surface area contributed by atoms with Crippen LogP contribution in [-0.2, 0) is 0 Å². The standard InChI is InChI=1S/C5H11N3O2.Na/c9-6-8(10)7-4-2-1-3-5-7;/h9H,1-5H2;/q;+1/p-1. The van der Waals surface area contributed by atoms with Gasteiger partial charge in [0.05, 0.1) is 13.1 Å². The predicted molar refractivity (Wildman–Crippen MR) is 34.8 cm³/mol. The van der Waals surface area contributed by atoms with Gasteiger partial charge in [-0.05, 0) is 24.5 Å². The summed E-state index contributed by atoms with van der Waals surface area (Å²) in [4.78, 5) is 0.138. The maximum absolute atomic E-state index is 10.5. The average Bonchev–Trinajstić information content (AvgIpc) is 2.05. The second kappa shape index (κ2) is 5.62. The van der Waals surface area contributed by atoms with Gasteiger partial charge in [-0.15, -0.1) is 5.01 Å². The summed E-state index contributed by atoms with van der Waals surface area (Å²) in [5.74, 6) is 0. The molecule has 58 valence electrons. The van der Waals surface area contributed by atoms with Crippen LogP contribution in [0.4, 0.5) is 0 Å². The van der Waals surface area contributed by atoms with Crippen molar-refractivity contribution in [2.45, 2.75) is 19.3 Å². The fourth-order valence-corrected chi connectivity index (χ4v) is 1.10. The van der Waals surface area contributed by atoms with Crippen LogP contribution in [0.3, 0.4) is 0 Å². The Morgan fingerprint density at radius 2 is 1.73 bits per heavy atom. The molecule has 1 aliphatic rings. The van der Waals surface area contributed by atoms with Crippen LogP contribution < -0.4 is 29.6 Å². The molecule has 0 atom stereocenters. The van der Waals surface area contributed by atoms with Gasteiger partial charge in [0.15, 0.2) is 0 Å². The van der Waals surface area contributed by atoms with E-state index >= 15 is 0 Å². The van der Waals surface area contributed by atoms with Gasteiger partial charge in [-0.3, -0.25) is 0 Å². The SMILES string of the molecule is [Na+].[O-]N=[N+]([O-])N1CCCCC1. The van der Waals surface area contributed by atoms with Crippen molar-refractivity contribution in [2.75, 3.05) is 13.1 Å². The van der Waals surface area contributed by atoms with E-state index in [-0.39, 0.29) is 34.5 Å². The first kappa shape index (κ1) is 11.0. The van der Waals surface area contributed by atoms with Gasteiger partial charge in [0.25, 0.3) is 0 Å². The van der Waals surface area contributed by atoms with Gasteiger partial charge in [0.2, 0.25) is 0 Å². The minimum atomic E-state index is 0. The summed E-state index contributed by atoms with van der Waals surface area (Å²) in [6.45, 7) is 1.32. The fraction of sp³-hybridized carbons (Fsp3) is 1.00. The zero-order valence-corrected chi connectivity index (χ0v) is 8.69. The number of hydrazine groups is 1. The van der Waals surface area contributed by atoms with E-state index in [1.165, 1.54) is 5.01 Å². The third kappa shape index (κ3) is 3.27. The van der Waals surface area contributed by atoms with E-state index in [0.717, 1.165) is 19.3 Å². The molecule has 0 aromatic carbocycles. The van der Waals surface area contributed by atoms with Crippen molar-refractivity contribution in [2.24, 2.45) is 5.28 Å². The van der Waals surface area contributed by atoms with Crippen molar-refractivity contribution in [1.82, 2.24) is 5.01 Å². The Kier molecular flexibility index (Phi) is 5.62. The summed E-state index contributed by atoms with van der Waals surface area (Å²) in [5, 5.41) is 23.9. The van der Waals surface area contributed by atoms with Crippen LogP contribution in [-0.4, -0.2) is 23.1 Å². The quantitative estimate of drug-likeness (QED) is 0.193. The van der Waals surface area contributed by atoms with Crippen LogP contribution in [0.5, 0.6) is 0 Å². The number of nitrogens with zero attached hydrogens (tertiary/aromatic N) is 3. The molecule has 0 bridgehead atoms. The molecule has 1 heterocycles. The number of hydrogen-bond acceptors (Lipinski definition) is 3. The zero-order valence-electron chi connectivity index (χ0n) is 6.69. The molecule has 0 aromatic heterocycles. The molecule has 6 heteroatoms. The molecular weight excluding hydrogens is 157 g/mol. The molecule has 1 fully saturated rings. The molecule has 5 nitrogen and oxygen atoms in total. The van der Waals surface area contributed by atoms with E-state index in [9.17, 15) is 10.4 Å². The van der Waals surface area contributed by atoms with Crippen molar-refractivity contribution in [3.8, 4) is 0 Å². The summed E-state index contributed by atoms with van der Waals surface area (Å²) >= 11 is 0. The first-order chi connectivity index (χ1) is 4.84. The van der Waals surface area contributed by atoms with Gasteiger partial charge in [0, 0.05) is 4.97 Å². The maximum Gasteiger partial charge on any atom is 1.00 e. The minimum absolute atomic E-state index is 0. The number of piperidine rings is 1. The smallest absolute Gasteiger partial charge is 0.737 e. The summed E-state index contributed by atoms with van der Waals surface area (Å²) in [6.07, 6.45) is 3.10. The molecule has 1 rings (SSSR count). The van der Waals surface area contributed by atoms with Crippen molar-refractivity contribution >= 4 is 0 Å². The molecule has 0 aromatic rings. The van der Waals surface area contributed by atoms with Gasteiger partial charge in [-0.25, -0.2) is 0 Å². The van der Waals surface area contributed by atoms with E-state index in [0.29, 0.717) is 13.1 Å². The topological polar surface area (TPSA) is 64.7 Å². The molecule has 1 aliphatic heterocycles. The minimum Gasteiger partial charge on any atom is -0.737 e. The Labute approximate surface area is 87.5 Å². The zero-order chi connectivity index (χ0) is 7.40. The van der Waals surface area contributed by atoms with Crippen molar-refractivity contribution < 1.29 is 34.5 Å². The van der Waals surface area contributed by atoms with E-state index in [2.05, 4.69) is 5.28 Å². The molecule has 0 N–H and O–H groups in total. The Balaban J connectivity index is 0.000001000. The molecule has 0 amide bonds. The maximum atomic E-state index is 10.5. The summed E-state index contributed by atoms with van der Waals surface area (Å²) in [7, 11) is 0. The molecule has 11 heavy (non-hydrogen) atoms. The van der Waals surface area contributed by atoms with Crippen LogP contribution in [0.1, 0.15) is 19.3 Å². The second-order valence-corrected chi connectivity index (χ2v) is 2.35. The molecule has 0 spiro atoms. The van der Waals surface area contributed by atoms with Gasteiger partial charge >= 0.3 is 29.6 Å². The molecular formula is C5H10N3NaO2. The van der Waals surface area contributed by atoms with Gasteiger partial charge in [-0.1, -0.05) is 0 Å². The molecule has 0 unspecified atom stereocenters. The summed E-state index contributed by atoms with van der Waals surface area (Å²) in [5.41, 5.74) is 0. The Morgan fingerprint density at radius 1 is 1.18 bits per heavy atom. The van der Waals surface area contributed by atoms with E-state index in [4.69, 9.17) is 0 Å². The van der Waals surface area contributed by atoms with Crippen molar-refractivity contribution in [3.05, 3.63) is 10.4 Å². The van der Waals surface area contributed by atoms with E-state index in [1.54, 1.807) is 0 Å². The first-order valence-electron chi connectivity index (χ1n) is 3.40. The van der Waals surface area contributed by atoms with Gasteiger partial charge in [-0.2, -0.15) is 0 Å². The molecule has 0 aliphatic carbocycles. The Bertz CT molecular complexity index is 136. The third-order valence-electron chi connectivity index (χ3n) is 1.64. The Morgan fingerprint density at radius 3 is 2.18 bits per heavy atom. The van der Waals surface area contributed by atoms with E-state index < -0.39 is 0 Å². The van der Waals surface area contributed by atoms with Crippen LogP contribution in [0, 0.1) is 10.4 Å². The monoisotopic (exact) mass is 167 g/mol. The number of hydrogen-bond donors (Lipinski definition) is 0. The Hall–Kier alpha value is 0.0000000000000000555. The second-order valence-electron chi connectivity index (χ2n) is 2.35. The van der Waals surface area contributed by atoms with Crippen LogP contribution in [0.2, 0.25) is 0 Å². The fourth-order valence-electron chi connectivity index (χ4n) is 1.10. The third-order valence-corrected chi connectivity index (χ3v) is 1.64. The van der Waals surface area contributed by atoms with Crippen molar-refractivity contribution in [1.29, 1.82) is 0 Å². The molecule has 1 saturated heterocycles. The first-order valence-corrected chi connectivity index (χ1v) is 3.40. The van der Waals surface area contributed by atoms with Crippen molar-refractivity contribution in [3.63, 3.8) is 0 Å². The largest absolute Gasteiger partial charge is 1.00 e. The van der Waals surface area contributed by atoms with E-state index in [1.807, 2.05) is 0 Å². The van der Waals surface area contributed by atoms with Crippen LogP contribution in [0.15, 0.2) is 5.28 Å². The van der Waals surface area contributed by atoms with Crippen LogP contribution in [0.25, 0.3) is 0 Å². The summed E-state index contributed by atoms with van der Waals surface area (Å²) < 4.78 is 0. The summed E-state index contributed by atoms with van der Waals surface area (Å²) in [6, 6.07) is 0. The van der Waals surface area contributed by atoms with Gasteiger partial charge in [0.1, 0.15) is 0 Å². The average molecular weight is 167 g/mol. The predicted octanol–water partition coefficient (Wildman–Crippen LogP) is -2.15. The van der Waals surface area contributed by atoms with Gasteiger partial charge < -0.3 is 10.4 Å². The normalized spacial score (nSPS) is 19.3.